The Bertz CT molecular complexity index is 3200. The van der Waals surface area contributed by atoms with Crippen molar-refractivity contribution in [2.24, 2.45) is 58.9 Å². The molecule has 21 heterocycles. The molecule has 1 spiro atoms. The maximum absolute atomic E-state index is 3.02. The van der Waals surface area contributed by atoms with E-state index in [4.69, 9.17) is 0 Å². The van der Waals surface area contributed by atoms with E-state index in [0.29, 0.717) is 52.1 Å². The molecule has 0 amide bonds. The summed E-state index contributed by atoms with van der Waals surface area (Å²) in [5.74, 6) is 4.96. The van der Waals surface area contributed by atoms with Crippen LogP contribution >= 0.6 is 0 Å². The Hall–Kier alpha value is -4.81. The van der Waals surface area contributed by atoms with Gasteiger partial charge in [-0.15, -0.1) is 0 Å². The van der Waals surface area contributed by atoms with Crippen LogP contribution < -0.4 is 27.7 Å². The van der Waals surface area contributed by atoms with E-state index in [1.807, 2.05) is 0 Å². The normalized spacial score (nSPS) is 41.2. The molecule has 18 aliphatic rings. The average molecular weight is 1270 g/mol. The maximum Gasteiger partial charge on any atom is 0.277 e. The zero-order chi connectivity index (χ0) is 64.2. The first kappa shape index (κ1) is 64.2. The fourth-order valence-electron chi connectivity index (χ4n) is 23.4. The zero-order valence-corrected chi connectivity index (χ0v) is 59.3. The molecule has 2 saturated carbocycles. The van der Waals surface area contributed by atoms with E-state index in [9.17, 15) is 0 Å². The van der Waals surface area contributed by atoms with Crippen LogP contribution in [0.15, 0.2) is 122 Å². The van der Waals surface area contributed by atoms with Gasteiger partial charge in [0.2, 0.25) is 0 Å². The van der Waals surface area contributed by atoms with Gasteiger partial charge in [0, 0.05) is 150 Å². The molecule has 5 aromatic heterocycles. The first-order valence-corrected chi connectivity index (χ1v) is 37.0. The van der Waals surface area contributed by atoms with Gasteiger partial charge in [-0.05, 0) is 129 Å². The summed E-state index contributed by atoms with van der Waals surface area (Å²) in [4.78, 5) is 26.4. The van der Waals surface area contributed by atoms with Crippen molar-refractivity contribution in [1.29, 1.82) is 0 Å². The third kappa shape index (κ3) is 11.1. The Morgan fingerprint density at radius 3 is 1.33 bits per heavy atom. The SMILES string of the molecule is CC1N(C)CCCCN1c1cccc[n+]1C.CC1N2CC3CC(CC1(c1cccc[n+]1C)C3)C21CCCCC1.CC1N2CC3CN(C2)CC1(c1cccc[n+]1C)C3.CC1N2CC3CN(C2)CC1(c1cccc[n+]1C)C3.CC1N2CN3CN(C2)CC1(c1cccc[n+]1C)C3. The van der Waals surface area contributed by atoms with Crippen molar-refractivity contribution in [3.63, 3.8) is 0 Å². The topological polar surface area (TPSA) is 51.8 Å². The highest BCUT2D eigenvalue weighted by Crippen LogP contribution is 2.63. The molecule has 500 valence electrons. The summed E-state index contributed by atoms with van der Waals surface area (Å²) in [6.07, 6.45) is 28.5. The molecule has 23 rings (SSSR count). The van der Waals surface area contributed by atoms with Crippen LogP contribution in [0, 0.1) is 23.7 Å². The standard InChI is InChI=1S/C21H31N2.2C15H22N3.C14H21N4.C13H22N3/c1-16-20(19-8-4-7-11-22(19)2)13-17-12-18(14-20)21(23(16)15-17)9-5-3-6-10-21;2*1-12-15(14-5-3-4-6-16(14)2)7-13-8-17(10-15)11-18(12)9-13;1-12-14(13-5-3-4-6-15(13)2)7-16-9-17(8-14)11-18(12)10-16;1-12-14(2)9-6-7-11-16(12)13-8-4-5-10-15(13)3/h4,7-8,11,16-18H,3,5-6,9-10,12-15H2,1-2H3;2*3-6,12-13H,7-11H2,1-2H3;3-6,12H,7-11H2,1-2H3;4-5,8,10,12H,6-7,9,11H2,1-3H3/q5*+1. The molecular formula is C78H118N15+5. The van der Waals surface area contributed by atoms with E-state index in [2.05, 4.69) is 271 Å². The molecule has 19 atom stereocenters. The van der Waals surface area contributed by atoms with Crippen molar-refractivity contribution in [2.45, 2.75) is 169 Å². The van der Waals surface area contributed by atoms with Crippen LogP contribution in [0.1, 0.15) is 134 Å². The van der Waals surface area contributed by atoms with Crippen molar-refractivity contribution in [1.82, 2.24) is 44.1 Å². The summed E-state index contributed by atoms with van der Waals surface area (Å²) >= 11 is 0. The second-order valence-corrected chi connectivity index (χ2v) is 33.0. The predicted octanol–water partition coefficient (Wildman–Crippen LogP) is 6.42. The zero-order valence-electron chi connectivity index (χ0n) is 59.3. The van der Waals surface area contributed by atoms with Crippen molar-refractivity contribution in [3.8, 4) is 0 Å². The molecule has 0 aromatic carbocycles. The molecule has 16 aliphatic heterocycles. The molecule has 93 heavy (non-hydrogen) atoms. The lowest BCUT2D eigenvalue weighted by Gasteiger charge is -2.70. The lowest BCUT2D eigenvalue weighted by molar-refractivity contribution is -0.684. The quantitative estimate of drug-likeness (QED) is 0.185. The number of aryl methyl sites for hydroxylation is 5. The molecule has 15 nitrogen and oxygen atoms in total. The number of rotatable bonds is 5. The number of piperidine rings is 7. The highest BCUT2D eigenvalue weighted by atomic mass is 15.6. The number of hydrogen-bond acceptors (Lipinski definition) is 10. The minimum Gasteiger partial charge on any atom is -0.293 e. The van der Waals surface area contributed by atoms with E-state index in [0.717, 1.165) is 50.2 Å². The highest BCUT2D eigenvalue weighted by Gasteiger charge is 2.67. The summed E-state index contributed by atoms with van der Waals surface area (Å²) in [7, 11) is 13.2. The van der Waals surface area contributed by atoms with Gasteiger partial charge in [0.25, 0.3) is 5.82 Å². The first-order chi connectivity index (χ1) is 44.9. The van der Waals surface area contributed by atoms with E-state index in [-0.39, 0.29) is 5.41 Å². The number of hydrogen-bond donors (Lipinski definition) is 0. The molecule has 19 unspecified atom stereocenters. The van der Waals surface area contributed by atoms with Crippen LogP contribution in [0.3, 0.4) is 0 Å². The Labute approximate surface area is 560 Å². The second-order valence-electron chi connectivity index (χ2n) is 33.0. The van der Waals surface area contributed by atoms with Gasteiger partial charge in [-0.25, -0.2) is 27.7 Å². The van der Waals surface area contributed by atoms with Gasteiger partial charge >= 0.3 is 0 Å². The summed E-state index contributed by atoms with van der Waals surface area (Å²) in [5.41, 5.74) is 8.10. The minimum absolute atomic E-state index is 0.282. The van der Waals surface area contributed by atoms with Gasteiger partial charge in [-0.3, -0.25) is 44.1 Å². The minimum atomic E-state index is 0.282. The van der Waals surface area contributed by atoms with Crippen molar-refractivity contribution in [3.05, 3.63) is 145 Å². The Morgan fingerprint density at radius 2 is 0.828 bits per heavy atom. The van der Waals surface area contributed by atoms with Crippen LogP contribution in [-0.4, -0.2) is 192 Å². The Balaban J connectivity index is 0.0000000967. The highest BCUT2D eigenvalue weighted by molar-refractivity contribution is 5.34. The largest absolute Gasteiger partial charge is 0.293 e. The Morgan fingerprint density at radius 1 is 0.387 bits per heavy atom. The molecule has 18 fully saturated rings. The monoisotopic (exact) mass is 1260 g/mol. The fraction of sp³-hybridized carbons (Fsp3) is 0.679. The van der Waals surface area contributed by atoms with E-state index >= 15 is 0 Å². The molecule has 0 N–H and O–H groups in total. The lowest BCUT2D eigenvalue weighted by atomic mass is 9.47. The summed E-state index contributed by atoms with van der Waals surface area (Å²) in [6.45, 7) is 31.9. The van der Waals surface area contributed by atoms with Crippen molar-refractivity contribution in [2.75, 3.05) is 117 Å². The Kier molecular flexibility index (Phi) is 17.4. The third-order valence-corrected chi connectivity index (χ3v) is 27.8. The van der Waals surface area contributed by atoms with Crippen LogP contribution in [0.2, 0.25) is 0 Å². The van der Waals surface area contributed by atoms with Crippen LogP contribution in [-0.2, 0) is 56.9 Å². The summed E-state index contributed by atoms with van der Waals surface area (Å²) in [5, 5.41) is 0. The van der Waals surface area contributed by atoms with Crippen LogP contribution in [0.25, 0.3) is 0 Å². The molecule has 16 bridgehead atoms. The summed E-state index contributed by atoms with van der Waals surface area (Å²) < 4.78 is 11.6. The number of pyridine rings is 5. The molecular weight excluding hydrogens is 1150 g/mol. The number of aromatic nitrogens is 5. The number of nitrogens with zero attached hydrogens (tertiary/aromatic N) is 15. The molecule has 15 heteroatoms. The number of anilines is 1. The first-order valence-electron chi connectivity index (χ1n) is 37.0. The lowest BCUT2D eigenvalue weighted by Crippen LogP contribution is -2.78. The van der Waals surface area contributed by atoms with Crippen molar-refractivity contribution >= 4 is 5.82 Å². The van der Waals surface area contributed by atoms with Crippen LogP contribution in [0.4, 0.5) is 5.82 Å². The van der Waals surface area contributed by atoms with Gasteiger partial charge < -0.3 is 0 Å². The predicted molar refractivity (Wildman–Crippen MR) is 367 cm³/mol. The maximum atomic E-state index is 3.02. The average Bonchev–Trinajstić information content (AvgIpc) is 0.698. The van der Waals surface area contributed by atoms with E-state index < -0.39 is 0 Å². The second kappa shape index (κ2) is 25.2. The fourth-order valence-corrected chi connectivity index (χ4v) is 23.4. The third-order valence-electron chi connectivity index (χ3n) is 27.8. The van der Waals surface area contributed by atoms with Gasteiger partial charge in [-0.1, -0.05) is 49.6 Å². The molecule has 16 saturated heterocycles. The van der Waals surface area contributed by atoms with Crippen LogP contribution in [0.5, 0.6) is 0 Å². The van der Waals surface area contributed by atoms with E-state index in [1.165, 1.54) is 179 Å². The van der Waals surface area contributed by atoms with Gasteiger partial charge in [0.05, 0.1) is 74.8 Å². The summed E-state index contributed by atoms with van der Waals surface area (Å²) in [6, 6.07) is 35.9. The van der Waals surface area contributed by atoms with Gasteiger partial charge in [-0.2, -0.15) is 0 Å². The molecule has 2 aliphatic carbocycles. The smallest absolute Gasteiger partial charge is 0.277 e. The molecule has 0 radical (unpaired) electrons. The van der Waals surface area contributed by atoms with Gasteiger partial charge in [0.1, 0.15) is 34.4 Å². The van der Waals surface area contributed by atoms with Gasteiger partial charge in [0.15, 0.2) is 47.6 Å². The molecule has 5 aromatic rings. The van der Waals surface area contributed by atoms with E-state index in [1.54, 1.807) is 5.69 Å². The van der Waals surface area contributed by atoms with Crippen molar-refractivity contribution < 1.29 is 22.8 Å².